The summed E-state index contributed by atoms with van der Waals surface area (Å²) in [5.41, 5.74) is 5.44. The molecular weight excluding hydrogens is 268 g/mol. The number of hydrogen-bond donors (Lipinski definition) is 2. The van der Waals surface area contributed by atoms with Crippen LogP contribution in [0.2, 0.25) is 0 Å². The molecular formula is C12H14N2O4S. The molecule has 6 nitrogen and oxygen atoms in total. The highest BCUT2D eigenvalue weighted by Crippen LogP contribution is 2.22. The number of carboxylic acids is 1. The Balaban J connectivity index is 2.10. The molecule has 19 heavy (non-hydrogen) atoms. The first kappa shape index (κ1) is 13.5. The first-order chi connectivity index (χ1) is 8.99. The van der Waals surface area contributed by atoms with Crippen molar-refractivity contribution >= 4 is 29.1 Å². The van der Waals surface area contributed by atoms with Gasteiger partial charge in [-0.15, -0.1) is 11.3 Å². The summed E-state index contributed by atoms with van der Waals surface area (Å²) < 4.78 is 0. The number of thiophene rings is 1. The molecule has 0 radical (unpaired) electrons. The van der Waals surface area contributed by atoms with Crippen molar-refractivity contribution in [2.45, 2.75) is 12.8 Å². The number of carbonyl (C=O) groups is 3. The SMILES string of the molecule is NC(=O)c1csc(C(=O)N2CCCC(C(=O)O)C2)c1. The lowest BCUT2D eigenvalue weighted by molar-refractivity contribution is -0.143. The fourth-order valence-electron chi connectivity index (χ4n) is 2.10. The van der Waals surface area contributed by atoms with Gasteiger partial charge in [0, 0.05) is 18.5 Å². The van der Waals surface area contributed by atoms with E-state index in [0.29, 0.717) is 29.8 Å². The average molecular weight is 282 g/mol. The third kappa shape index (κ3) is 2.93. The van der Waals surface area contributed by atoms with Gasteiger partial charge in [0.05, 0.1) is 16.4 Å². The van der Waals surface area contributed by atoms with E-state index in [1.54, 1.807) is 0 Å². The minimum atomic E-state index is -0.874. The predicted octanol–water partition coefficient (Wildman–Crippen LogP) is 0.784. The van der Waals surface area contributed by atoms with Crippen molar-refractivity contribution in [2.75, 3.05) is 13.1 Å². The maximum absolute atomic E-state index is 12.2. The van der Waals surface area contributed by atoms with Gasteiger partial charge in [0.2, 0.25) is 5.91 Å². The molecule has 7 heteroatoms. The van der Waals surface area contributed by atoms with Gasteiger partial charge in [-0.2, -0.15) is 0 Å². The van der Waals surface area contributed by atoms with Gasteiger partial charge >= 0.3 is 5.97 Å². The van der Waals surface area contributed by atoms with E-state index < -0.39 is 17.8 Å². The highest BCUT2D eigenvalue weighted by atomic mass is 32.1. The average Bonchev–Trinajstić information content (AvgIpc) is 2.87. The fourth-order valence-corrected chi connectivity index (χ4v) is 2.96. The lowest BCUT2D eigenvalue weighted by Gasteiger charge is -2.30. The van der Waals surface area contributed by atoms with Crippen molar-refractivity contribution < 1.29 is 19.5 Å². The van der Waals surface area contributed by atoms with Crippen LogP contribution in [0.4, 0.5) is 0 Å². The van der Waals surface area contributed by atoms with E-state index in [-0.39, 0.29) is 12.5 Å². The maximum atomic E-state index is 12.2. The summed E-state index contributed by atoms with van der Waals surface area (Å²) in [4.78, 5) is 36.1. The summed E-state index contributed by atoms with van der Waals surface area (Å²) in [6.45, 7) is 0.768. The van der Waals surface area contributed by atoms with Gasteiger partial charge in [0.25, 0.3) is 5.91 Å². The lowest BCUT2D eigenvalue weighted by Crippen LogP contribution is -2.42. The largest absolute Gasteiger partial charge is 0.481 e. The monoisotopic (exact) mass is 282 g/mol. The molecule has 1 aliphatic heterocycles. The van der Waals surface area contributed by atoms with Gasteiger partial charge in [-0.05, 0) is 18.9 Å². The Kier molecular flexibility index (Phi) is 3.84. The van der Waals surface area contributed by atoms with E-state index in [1.807, 2.05) is 0 Å². The number of likely N-dealkylation sites (tertiary alicyclic amines) is 1. The normalized spacial score (nSPS) is 19.2. The van der Waals surface area contributed by atoms with Gasteiger partial charge in [-0.1, -0.05) is 0 Å². The van der Waals surface area contributed by atoms with Crippen LogP contribution in [0.25, 0.3) is 0 Å². The van der Waals surface area contributed by atoms with E-state index in [4.69, 9.17) is 10.8 Å². The molecule has 1 aliphatic rings. The molecule has 2 amide bonds. The molecule has 0 saturated carbocycles. The zero-order valence-electron chi connectivity index (χ0n) is 10.2. The quantitative estimate of drug-likeness (QED) is 0.855. The fraction of sp³-hybridized carbons (Fsp3) is 0.417. The van der Waals surface area contributed by atoms with Crippen molar-refractivity contribution in [1.29, 1.82) is 0 Å². The van der Waals surface area contributed by atoms with Gasteiger partial charge in [0.1, 0.15) is 0 Å². The van der Waals surface area contributed by atoms with Gasteiger partial charge < -0.3 is 15.7 Å². The van der Waals surface area contributed by atoms with Gasteiger partial charge in [0.15, 0.2) is 0 Å². The number of aliphatic carboxylic acids is 1. The second-order valence-corrected chi connectivity index (χ2v) is 5.40. The van der Waals surface area contributed by atoms with Crippen LogP contribution in [0.3, 0.4) is 0 Å². The minimum absolute atomic E-state index is 0.220. The van der Waals surface area contributed by atoms with Crippen LogP contribution in [0.5, 0.6) is 0 Å². The molecule has 1 aromatic rings. The van der Waals surface area contributed by atoms with Crippen LogP contribution >= 0.6 is 11.3 Å². The lowest BCUT2D eigenvalue weighted by atomic mass is 9.98. The molecule has 102 valence electrons. The third-order valence-corrected chi connectivity index (χ3v) is 4.07. The zero-order valence-corrected chi connectivity index (χ0v) is 11.0. The Hall–Kier alpha value is -1.89. The minimum Gasteiger partial charge on any atom is -0.481 e. The first-order valence-electron chi connectivity index (χ1n) is 5.89. The summed E-state index contributed by atoms with van der Waals surface area (Å²) in [5.74, 6) is -2.18. The summed E-state index contributed by atoms with van der Waals surface area (Å²) >= 11 is 1.15. The van der Waals surface area contributed by atoms with Crippen LogP contribution in [0, 0.1) is 5.92 Å². The Morgan fingerprint density at radius 1 is 1.42 bits per heavy atom. The molecule has 1 atom stereocenters. The molecule has 1 aromatic heterocycles. The number of carbonyl (C=O) groups excluding carboxylic acids is 2. The number of piperidine rings is 1. The Bertz CT molecular complexity index is 526. The second-order valence-electron chi connectivity index (χ2n) is 4.49. The molecule has 0 aliphatic carbocycles. The van der Waals surface area contributed by atoms with Crippen LogP contribution in [-0.4, -0.2) is 40.9 Å². The van der Waals surface area contributed by atoms with Crippen molar-refractivity contribution in [3.05, 3.63) is 21.9 Å². The number of rotatable bonds is 3. The maximum Gasteiger partial charge on any atom is 0.308 e. The van der Waals surface area contributed by atoms with Gasteiger partial charge in [-0.25, -0.2) is 0 Å². The summed E-state index contributed by atoms with van der Waals surface area (Å²) in [6, 6.07) is 1.46. The van der Waals surface area contributed by atoms with Crippen LogP contribution in [-0.2, 0) is 4.79 Å². The number of carboxylic acid groups (broad SMARTS) is 1. The topological polar surface area (TPSA) is 101 Å². The van der Waals surface area contributed by atoms with Crippen molar-refractivity contribution in [3.8, 4) is 0 Å². The summed E-state index contributed by atoms with van der Waals surface area (Å²) in [5, 5.41) is 10.5. The smallest absolute Gasteiger partial charge is 0.308 e. The first-order valence-corrected chi connectivity index (χ1v) is 6.77. The van der Waals surface area contributed by atoms with E-state index in [0.717, 1.165) is 11.3 Å². The van der Waals surface area contributed by atoms with Gasteiger partial charge in [-0.3, -0.25) is 14.4 Å². The highest BCUT2D eigenvalue weighted by molar-refractivity contribution is 7.12. The predicted molar refractivity (Wildman–Crippen MR) is 69.1 cm³/mol. The summed E-state index contributed by atoms with van der Waals surface area (Å²) in [7, 11) is 0. The number of amides is 2. The Labute approximate surface area is 113 Å². The van der Waals surface area contributed by atoms with Crippen LogP contribution < -0.4 is 5.73 Å². The molecule has 0 bridgehead atoms. The molecule has 2 rings (SSSR count). The molecule has 1 unspecified atom stereocenters. The van der Waals surface area contributed by atoms with Crippen molar-refractivity contribution in [3.63, 3.8) is 0 Å². The Morgan fingerprint density at radius 2 is 2.16 bits per heavy atom. The van der Waals surface area contributed by atoms with Crippen LogP contribution in [0.15, 0.2) is 11.4 Å². The van der Waals surface area contributed by atoms with Crippen molar-refractivity contribution in [2.24, 2.45) is 11.7 Å². The van der Waals surface area contributed by atoms with E-state index in [1.165, 1.54) is 16.3 Å². The molecule has 0 aromatic carbocycles. The summed E-state index contributed by atoms with van der Waals surface area (Å²) in [6.07, 6.45) is 1.27. The molecule has 3 N–H and O–H groups in total. The Morgan fingerprint density at radius 3 is 2.74 bits per heavy atom. The molecule has 0 spiro atoms. The van der Waals surface area contributed by atoms with E-state index in [9.17, 15) is 14.4 Å². The molecule has 1 fully saturated rings. The molecule has 1 saturated heterocycles. The molecule has 2 heterocycles. The standard InChI is InChI=1S/C12H14N2O4S/c13-10(15)8-4-9(19-6-8)11(16)14-3-1-2-7(5-14)12(17)18/h4,6-7H,1-3,5H2,(H2,13,15)(H,17,18). The number of nitrogens with zero attached hydrogens (tertiary/aromatic N) is 1. The van der Waals surface area contributed by atoms with Crippen molar-refractivity contribution in [1.82, 2.24) is 4.90 Å². The van der Waals surface area contributed by atoms with Crippen LogP contribution in [0.1, 0.15) is 32.9 Å². The third-order valence-electron chi connectivity index (χ3n) is 3.15. The number of primary amides is 1. The highest BCUT2D eigenvalue weighted by Gasteiger charge is 2.29. The number of hydrogen-bond acceptors (Lipinski definition) is 4. The van der Waals surface area contributed by atoms with E-state index >= 15 is 0 Å². The zero-order chi connectivity index (χ0) is 14.0. The number of nitrogens with two attached hydrogens (primary N) is 1. The second kappa shape index (κ2) is 5.40. The van der Waals surface area contributed by atoms with E-state index in [2.05, 4.69) is 0 Å².